The highest BCUT2D eigenvalue weighted by atomic mass is 15.0. The van der Waals surface area contributed by atoms with E-state index in [1.165, 1.54) is 18.4 Å². The van der Waals surface area contributed by atoms with Crippen LogP contribution in [0.3, 0.4) is 0 Å². The molecule has 0 bridgehead atoms. The van der Waals surface area contributed by atoms with E-state index >= 15 is 0 Å². The molecule has 0 atom stereocenters. The number of allylic oxidation sites excluding steroid dienone is 3. The van der Waals surface area contributed by atoms with Gasteiger partial charge < -0.3 is 4.90 Å². The van der Waals surface area contributed by atoms with Gasteiger partial charge in [-0.3, -0.25) is 0 Å². The van der Waals surface area contributed by atoms with Crippen LogP contribution in [-0.2, 0) is 0 Å². The zero-order chi connectivity index (χ0) is 8.69. The van der Waals surface area contributed by atoms with Crippen LogP contribution < -0.4 is 0 Å². The minimum absolute atomic E-state index is 1.21. The maximum Gasteiger partial charge on any atom is 0.00556 e. The van der Waals surface area contributed by atoms with Crippen molar-refractivity contribution in [2.75, 3.05) is 14.1 Å². The molecule has 0 saturated carbocycles. The van der Waals surface area contributed by atoms with Gasteiger partial charge in [0.15, 0.2) is 0 Å². The van der Waals surface area contributed by atoms with E-state index in [9.17, 15) is 0 Å². The summed E-state index contributed by atoms with van der Waals surface area (Å²) >= 11 is 0. The Morgan fingerprint density at radius 2 is 2.00 bits per heavy atom. The summed E-state index contributed by atoms with van der Waals surface area (Å²) in [4.78, 5) is 2.04. The average Bonchev–Trinajstić information content (AvgIpc) is 1.87. The van der Waals surface area contributed by atoms with Crippen molar-refractivity contribution in [2.24, 2.45) is 0 Å². The van der Waals surface area contributed by atoms with E-state index in [1.54, 1.807) is 0 Å². The lowest BCUT2D eigenvalue weighted by atomic mass is 10.2. The van der Waals surface area contributed by atoms with E-state index in [2.05, 4.69) is 32.2 Å². The molecule has 0 aromatic carbocycles. The smallest absolute Gasteiger partial charge is 0.00556 e. The van der Waals surface area contributed by atoms with Crippen LogP contribution in [0.5, 0.6) is 0 Å². The summed E-state index contributed by atoms with van der Waals surface area (Å²) in [5, 5.41) is 0. The number of nitrogens with zero attached hydrogens (tertiary/aromatic N) is 1. The Morgan fingerprint density at radius 3 is 2.45 bits per heavy atom. The second-order valence-electron chi connectivity index (χ2n) is 3.07. The molecule has 0 saturated heterocycles. The summed E-state index contributed by atoms with van der Waals surface area (Å²) < 4.78 is 0. The van der Waals surface area contributed by atoms with Crippen molar-refractivity contribution in [3.8, 4) is 0 Å². The molecule has 64 valence electrons. The molecule has 0 rings (SSSR count). The predicted octanol–water partition coefficient (Wildman–Crippen LogP) is 2.81. The van der Waals surface area contributed by atoms with Crippen molar-refractivity contribution in [1.29, 1.82) is 0 Å². The third-order valence-corrected chi connectivity index (χ3v) is 1.41. The highest BCUT2D eigenvalue weighted by molar-refractivity contribution is 5.09. The lowest BCUT2D eigenvalue weighted by molar-refractivity contribution is 0.564. The second-order valence-corrected chi connectivity index (χ2v) is 3.07. The normalized spacial score (nSPS) is 12.5. The minimum Gasteiger partial charge on any atom is -0.383 e. The van der Waals surface area contributed by atoms with E-state index in [-0.39, 0.29) is 0 Å². The molecule has 1 nitrogen and oxygen atoms in total. The first kappa shape index (κ1) is 10.3. The van der Waals surface area contributed by atoms with Crippen molar-refractivity contribution in [3.05, 3.63) is 23.9 Å². The number of hydrogen-bond acceptors (Lipinski definition) is 1. The van der Waals surface area contributed by atoms with Crippen LogP contribution >= 0.6 is 0 Å². The van der Waals surface area contributed by atoms with Crippen LogP contribution in [0, 0.1) is 0 Å². The van der Waals surface area contributed by atoms with E-state index in [0.717, 1.165) is 0 Å². The van der Waals surface area contributed by atoms with E-state index < -0.39 is 0 Å². The first-order valence-corrected chi connectivity index (χ1v) is 4.17. The first-order chi connectivity index (χ1) is 5.16. The fourth-order valence-corrected chi connectivity index (χ4v) is 0.857. The monoisotopic (exact) mass is 153 g/mol. The Bertz CT molecular complexity index is 143. The lowest BCUT2D eigenvalue weighted by Gasteiger charge is -2.01. The van der Waals surface area contributed by atoms with E-state index in [1.807, 2.05) is 19.0 Å². The highest BCUT2D eigenvalue weighted by Gasteiger charge is 1.82. The van der Waals surface area contributed by atoms with Gasteiger partial charge in [0.05, 0.1) is 0 Å². The Balaban J connectivity index is 3.71. The zero-order valence-electron chi connectivity index (χ0n) is 8.09. The highest BCUT2D eigenvalue weighted by Crippen LogP contribution is 2.02. The first-order valence-electron chi connectivity index (χ1n) is 4.17. The Hall–Kier alpha value is -0.720. The summed E-state index contributed by atoms with van der Waals surface area (Å²) in [5.41, 5.74) is 1.45. The molecule has 0 N–H and O–H groups in total. The largest absolute Gasteiger partial charge is 0.383 e. The molecular weight excluding hydrogens is 134 g/mol. The van der Waals surface area contributed by atoms with Gasteiger partial charge in [-0.15, -0.1) is 0 Å². The third-order valence-electron chi connectivity index (χ3n) is 1.41. The van der Waals surface area contributed by atoms with Crippen LogP contribution in [0.25, 0.3) is 0 Å². The van der Waals surface area contributed by atoms with Gasteiger partial charge >= 0.3 is 0 Å². The van der Waals surface area contributed by atoms with Gasteiger partial charge in [0.25, 0.3) is 0 Å². The van der Waals surface area contributed by atoms with Crippen molar-refractivity contribution in [1.82, 2.24) is 4.90 Å². The SMILES string of the molecule is CCC/C(C)=C/C=C/N(C)C. The van der Waals surface area contributed by atoms with Crippen molar-refractivity contribution in [2.45, 2.75) is 26.7 Å². The summed E-state index contributed by atoms with van der Waals surface area (Å²) in [6.45, 7) is 4.37. The van der Waals surface area contributed by atoms with Crippen molar-refractivity contribution in [3.63, 3.8) is 0 Å². The Labute approximate surface area is 70.4 Å². The lowest BCUT2D eigenvalue weighted by Crippen LogP contribution is -1.99. The van der Waals surface area contributed by atoms with Gasteiger partial charge in [0, 0.05) is 14.1 Å². The standard InChI is InChI=1S/C10H19N/c1-5-7-10(2)8-6-9-11(3)4/h6,8-9H,5,7H2,1-4H3/b9-6+,10-8+. The topological polar surface area (TPSA) is 3.24 Å². The molecule has 0 aliphatic rings. The van der Waals surface area contributed by atoms with Gasteiger partial charge in [-0.1, -0.05) is 25.0 Å². The van der Waals surface area contributed by atoms with Crippen LogP contribution in [0.2, 0.25) is 0 Å². The Kier molecular flexibility index (Phi) is 5.63. The molecule has 0 amide bonds. The molecule has 0 spiro atoms. The molecule has 0 heterocycles. The summed E-state index contributed by atoms with van der Waals surface area (Å²) in [7, 11) is 4.05. The van der Waals surface area contributed by atoms with Crippen LogP contribution in [0.4, 0.5) is 0 Å². The minimum atomic E-state index is 1.21. The predicted molar refractivity (Wildman–Crippen MR) is 51.5 cm³/mol. The van der Waals surface area contributed by atoms with E-state index in [0.29, 0.717) is 0 Å². The molecule has 0 aliphatic heterocycles. The molecule has 0 aromatic heterocycles. The van der Waals surface area contributed by atoms with Gasteiger partial charge in [0.1, 0.15) is 0 Å². The average molecular weight is 153 g/mol. The maximum atomic E-state index is 2.20. The van der Waals surface area contributed by atoms with Gasteiger partial charge in [-0.25, -0.2) is 0 Å². The molecular formula is C10H19N. The van der Waals surface area contributed by atoms with Crippen LogP contribution in [-0.4, -0.2) is 19.0 Å². The zero-order valence-corrected chi connectivity index (χ0v) is 8.09. The number of hydrogen-bond donors (Lipinski definition) is 0. The quantitative estimate of drug-likeness (QED) is 0.561. The molecule has 0 fully saturated rings. The summed E-state index contributed by atoms with van der Waals surface area (Å²) in [6.07, 6.45) is 8.75. The van der Waals surface area contributed by atoms with Gasteiger partial charge in [-0.2, -0.15) is 0 Å². The molecule has 1 heteroatoms. The van der Waals surface area contributed by atoms with Crippen molar-refractivity contribution < 1.29 is 0 Å². The van der Waals surface area contributed by atoms with Gasteiger partial charge in [-0.05, 0) is 25.6 Å². The fourth-order valence-electron chi connectivity index (χ4n) is 0.857. The molecule has 0 aromatic rings. The van der Waals surface area contributed by atoms with Crippen LogP contribution in [0.15, 0.2) is 23.9 Å². The molecule has 0 aliphatic carbocycles. The van der Waals surface area contributed by atoms with Crippen LogP contribution in [0.1, 0.15) is 26.7 Å². The fraction of sp³-hybridized carbons (Fsp3) is 0.600. The van der Waals surface area contributed by atoms with E-state index in [4.69, 9.17) is 0 Å². The third kappa shape index (κ3) is 7.17. The maximum absolute atomic E-state index is 2.20. The molecule has 0 radical (unpaired) electrons. The summed E-state index contributed by atoms with van der Waals surface area (Å²) in [5.74, 6) is 0. The van der Waals surface area contributed by atoms with Crippen molar-refractivity contribution >= 4 is 0 Å². The summed E-state index contributed by atoms with van der Waals surface area (Å²) in [6, 6.07) is 0. The number of rotatable bonds is 4. The van der Waals surface area contributed by atoms with Gasteiger partial charge in [0.2, 0.25) is 0 Å². The Morgan fingerprint density at radius 1 is 1.36 bits per heavy atom. The molecule has 0 unspecified atom stereocenters. The second kappa shape index (κ2) is 6.02. The molecule has 11 heavy (non-hydrogen) atoms.